The number of hydrogen-bond acceptors (Lipinski definition) is 6. The number of esters is 1. The highest BCUT2D eigenvalue weighted by Gasteiger charge is 2.32. The number of benzene rings is 2. The van der Waals surface area contributed by atoms with E-state index in [1.807, 2.05) is 30.3 Å². The van der Waals surface area contributed by atoms with Crippen LogP contribution < -0.4 is 14.9 Å². The number of ether oxygens (including phenoxy) is 1. The van der Waals surface area contributed by atoms with Gasteiger partial charge in [0, 0.05) is 10.6 Å². The Labute approximate surface area is 180 Å². The predicted octanol–water partition coefficient (Wildman–Crippen LogP) is 2.77. The Balaban J connectivity index is 2.00. The lowest BCUT2D eigenvalue weighted by atomic mass is 9.96. The maximum absolute atomic E-state index is 13.4. The van der Waals surface area contributed by atoms with Gasteiger partial charge in [-0.15, -0.1) is 0 Å². The van der Waals surface area contributed by atoms with Crippen molar-refractivity contribution in [1.82, 2.24) is 4.57 Å². The summed E-state index contributed by atoms with van der Waals surface area (Å²) in [5.41, 5.74) is 1.68. The Bertz CT molecular complexity index is 1360. The molecule has 0 saturated heterocycles. The minimum Gasteiger partial charge on any atom is -0.507 e. The van der Waals surface area contributed by atoms with E-state index in [9.17, 15) is 14.7 Å². The number of thiazole rings is 1. The van der Waals surface area contributed by atoms with Crippen LogP contribution in [-0.2, 0) is 9.53 Å². The van der Waals surface area contributed by atoms with Gasteiger partial charge >= 0.3 is 5.97 Å². The lowest BCUT2D eigenvalue weighted by molar-refractivity contribution is -0.136. The number of aromatic nitrogens is 1. The number of methoxy groups -OCH3 is 1. The summed E-state index contributed by atoms with van der Waals surface area (Å²) in [6.45, 7) is 1.72. The summed E-state index contributed by atoms with van der Waals surface area (Å²) in [5.74, 6) is -0.525. The van der Waals surface area contributed by atoms with Gasteiger partial charge in [-0.05, 0) is 36.8 Å². The van der Waals surface area contributed by atoms with E-state index in [0.29, 0.717) is 31.2 Å². The number of allylic oxidation sites excluding steroid dienone is 1. The van der Waals surface area contributed by atoms with Gasteiger partial charge in [-0.3, -0.25) is 9.36 Å². The maximum atomic E-state index is 13.4. The molecule has 3 aromatic rings. The number of hydrogen-bond donors (Lipinski definition) is 1. The molecule has 0 spiro atoms. The van der Waals surface area contributed by atoms with Crippen LogP contribution >= 0.6 is 22.9 Å². The van der Waals surface area contributed by atoms with Gasteiger partial charge in [0.2, 0.25) is 0 Å². The number of phenolic OH excluding ortho intramolecular Hbond substituents is 1. The molecule has 152 valence electrons. The van der Waals surface area contributed by atoms with E-state index in [4.69, 9.17) is 16.3 Å². The van der Waals surface area contributed by atoms with Gasteiger partial charge in [0.15, 0.2) is 4.80 Å². The van der Waals surface area contributed by atoms with Gasteiger partial charge in [-0.2, -0.15) is 0 Å². The Morgan fingerprint density at radius 1 is 1.27 bits per heavy atom. The number of nitrogens with zero attached hydrogens (tertiary/aromatic N) is 2. The first-order chi connectivity index (χ1) is 14.4. The summed E-state index contributed by atoms with van der Waals surface area (Å²) in [6.07, 6.45) is 1.57. The van der Waals surface area contributed by atoms with Gasteiger partial charge in [-0.1, -0.05) is 53.3 Å². The number of aromatic hydroxyl groups is 1. The molecule has 0 saturated carbocycles. The van der Waals surface area contributed by atoms with Crippen molar-refractivity contribution in [3.8, 4) is 5.75 Å². The summed E-state index contributed by atoms with van der Waals surface area (Å²) in [4.78, 5) is 30.9. The number of carbonyl (C=O) groups excluding carboxylic acids is 1. The third-order valence-electron chi connectivity index (χ3n) is 4.82. The summed E-state index contributed by atoms with van der Waals surface area (Å²) < 4.78 is 6.83. The molecule has 1 aromatic heterocycles. The molecule has 30 heavy (non-hydrogen) atoms. The lowest BCUT2D eigenvalue weighted by Crippen LogP contribution is -2.39. The molecule has 8 heteroatoms. The van der Waals surface area contributed by atoms with Crippen molar-refractivity contribution in [3.63, 3.8) is 0 Å². The van der Waals surface area contributed by atoms with E-state index in [2.05, 4.69) is 4.99 Å². The summed E-state index contributed by atoms with van der Waals surface area (Å²) in [6, 6.07) is 13.2. The van der Waals surface area contributed by atoms with E-state index in [1.54, 1.807) is 25.1 Å². The van der Waals surface area contributed by atoms with Crippen molar-refractivity contribution in [2.45, 2.75) is 13.0 Å². The SMILES string of the molecule is COC(=O)C1=C(C)N=c2s/c(=C\c3cc(Cl)ccc3O)c(=O)n2[C@H]1c1ccccc1. The summed E-state index contributed by atoms with van der Waals surface area (Å²) >= 11 is 7.21. The van der Waals surface area contributed by atoms with E-state index in [0.717, 1.165) is 5.56 Å². The van der Waals surface area contributed by atoms with Gasteiger partial charge in [0.1, 0.15) is 5.75 Å². The average Bonchev–Trinajstić information content (AvgIpc) is 3.04. The molecule has 2 aromatic carbocycles. The third-order valence-corrected chi connectivity index (χ3v) is 6.04. The van der Waals surface area contributed by atoms with Crippen LogP contribution in [0.4, 0.5) is 0 Å². The van der Waals surface area contributed by atoms with Crippen LogP contribution in [0.2, 0.25) is 5.02 Å². The van der Waals surface area contributed by atoms with E-state index in [-0.39, 0.29) is 11.3 Å². The van der Waals surface area contributed by atoms with Crippen LogP contribution in [0, 0.1) is 0 Å². The molecule has 1 aliphatic rings. The number of rotatable bonds is 3. The molecule has 0 aliphatic carbocycles. The average molecular weight is 441 g/mol. The molecule has 2 heterocycles. The molecule has 6 nitrogen and oxygen atoms in total. The first-order valence-corrected chi connectivity index (χ1v) is 10.2. The van der Waals surface area contributed by atoms with Crippen molar-refractivity contribution in [2.75, 3.05) is 7.11 Å². The van der Waals surface area contributed by atoms with Crippen LogP contribution in [0.3, 0.4) is 0 Å². The van der Waals surface area contributed by atoms with Crippen LogP contribution in [0.1, 0.15) is 24.1 Å². The van der Waals surface area contributed by atoms with Crippen molar-refractivity contribution in [1.29, 1.82) is 0 Å². The Kier molecular flexibility index (Phi) is 5.32. The third kappa shape index (κ3) is 3.46. The maximum Gasteiger partial charge on any atom is 0.338 e. The topological polar surface area (TPSA) is 80.9 Å². The fraction of sp³-hybridized carbons (Fsp3) is 0.136. The Morgan fingerprint density at radius 3 is 2.70 bits per heavy atom. The van der Waals surface area contributed by atoms with Gasteiger partial charge in [0.05, 0.1) is 29.0 Å². The quantitative estimate of drug-likeness (QED) is 0.635. The lowest BCUT2D eigenvalue weighted by Gasteiger charge is -2.24. The van der Waals surface area contributed by atoms with Crippen molar-refractivity contribution in [2.24, 2.45) is 4.99 Å². The first kappa shape index (κ1) is 20.1. The molecule has 4 rings (SSSR count). The highest BCUT2D eigenvalue weighted by molar-refractivity contribution is 7.07. The van der Waals surface area contributed by atoms with Gasteiger partial charge < -0.3 is 9.84 Å². The van der Waals surface area contributed by atoms with Crippen LogP contribution in [0.15, 0.2) is 69.6 Å². The Hall–Kier alpha value is -3.16. The smallest absolute Gasteiger partial charge is 0.338 e. The fourth-order valence-corrected chi connectivity index (χ4v) is 4.64. The highest BCUT2D eigenvalue weighted by atomic mass is 35.5. The molecule has 0 radical (unpaired) electrons. The van der Waals surface area contributed by atoms with Gasteiger partial charge in [0.25, 0.3) is 5.56 Å². The molecule has 1 N–H and O–H groups in total. The van der Waals surface area contributed by atoms with Crippen molar-refractivity contribution >= 4 is 35.0 Å². The van der Waals surface area contributed by atoms with Crippen LogP contribution in [0.5, 0.6) is 5.75 Å². The van der Waals surface area contributed by atoms with E-state index >= 15 is 0 Å². The molecular weight excluding hydrogens is 424 g/mol. The fourth-order valence-electron chi connectivity index (χ4n) is 3.43. The van der Waals surface area contributed by atoms with Crippen molar-refractivity contribution in [3.05, 3.63) is 95.6 Å². The molecule has 1 aliphatic heterocycles. The zero-order valence-electron chi connectivity index (χ0n) is 16.1. The second-order valence-electron chi connectivity index (χ2n) is 6.69. The highest BCUT2D eigenvalue weighted by Crippen LogP contribution is 2.30. The minimum absolute atomic E-state index is 0.0104. The van der Waals surface area contributed by atoms with Gasteiger partial charge in [-0.25, -0.2) is 9.79 Å². The molecule has 1 atom stereocenters. The second kappa shape index (κ2) is 7.93. The number of halogens is 1. The Morgan fingerprint density at radius 2 is 2.00 bits per heavy atom. The second-order valence-corrected chi connectivity index (χ2v) is 8.13. The predicted molar refractivity (Wildman–Crippen MR) is 115 cm³/mol. The standard InChI is InChI=1S/C22H17ClN2O4S/c1-12-18(21(28)29-2)19(13-6-4-3-5-7-13)25-20(27)17(30-22(25)24-12)11-14-10-15(23)8-9-16(14)26/h3-11,19,26H,1-2H3/b17-11-/t19-/m0/s1. The molecule has 0 bridgehead atoms. The van der Waals surface area contributed by atoms with Crippen LogP contribution in [-0.4, -0.2) is 22.8 Å². The normalized spacial score (nSPS) is 16.2. The monoisotopic (exact) mass is 440 g/mol. The minimum atomic E-state index is -0.662. The molecule has 0 fully saturated rings. The summed E-state index contributed by atoms with van der Waals surface area (Å²) in [5, 5.41) is 10.6. The number of phenols is 1. The number of carbonyl (C=O) groups is 1. The molecule has 0 amide bonds. The zero-order chi connectivity index (χ0) is 21.4. The van der Waals surface area contributed by atoms with Crippen LogP contribution in [0.25, 0.3) is 6.08 Å². The van der Waals surface area contributed by atoms with E-state index < -0.39 is 12.0 Å². The van der Waals surface area contributed by atoms with Crippen molar-refractivity contribution < 1.29 is 14.6 Å². The number of fused-ring (bicyclic) bond motifs is 1. The zero-order valence-corrected chi connectivity index (χ0v) is 17.7. The largest absolute Gasteiger partial charge is 0.507 e. The molecular formula is C22H17ClN2O4S. The molecule has 0 unspecified atom stereocenters. The summed E-state index contributed by atoms with van der Waals surface area (Å²) in [7, 11) is 1.30. The first-order valence-electron chi connectivity index (χ1n) is 9.05. The van der Waals surface area contributed by atoms with E-state index in [1.165, 1.54) is 29.1 Å².